The van der Waals surface area contributed by atoms with Crippen molar-refractivity contribution in [2.45, 2.75) is 30.1 Å². The Bertz CT molecular complexity index is 276. The molecule has 2 rings (SSSR count). The Morgan fingerprint density at radius 2 is 2.31 bits per heavy atom. The van der Waals surface area contributed by atoms with Crippen LogP contribution in [0.4, 0.5) is 0 Å². The van der Waals surface area contributed by atoms with Crippen molar-refractivity contribution in [1.29, 1.82) is 0 Å². The first kappa shape index (κ1) is 12.1. The number of rotatable bonds is 3. The smallest absolute Gasteiger partial charge is 0.159 e. The lowest BCUT2D eigenvalue weighted by atomic mass is 10.0. The summed E-state index contributed by atoms with van der Waals surface area (Å²) in [4.78, 5) is 4.12. The van der Waals surface area contributed by atoms with Gasteiger partial charge in [-0.3, -0.25) is 4.99 Å². The molecule has 0 bridgehead atoms. The Labute approximate surface area is 97.7 Å². The lowest BCUT2D eigenvalue weighted by Gasteiger charge is -2.33. The summed E-state index contributed by atoms with van der Waals surface area (Å²) in [6.45, 7) is 0.266. The quantitative estimate of drug-likeness (QED) is 0.486. The normalized spacial score (nSPS) is 40.8. The fourth-order valence-electron chi connectivity index (χ4n) is 1.83. The number of ether oxygens (including phenoxy) is 1. The molecule has 0 radical (unpaired) electrons. The van der Waals surface area contributed by atoms with Gasteiger partial charge < -0.3 is 25.4 Å². The van der Waals surface area contributed by atoms with Gasteiger partial charge in [-0.1, -0.05) is 11.8 Å². The maximum atomic E-state index is 9.85. The highest BCUT2D eigenvalue weighted by molar-refractivity contribution is 8.14. The van der Waals surface area contributed by atoms with E-state index in [1.807, 2.05) is 0 Å². The third-order valence-electron chi connectivity index (χ3n) is 2.62. The van der Waals surface area contributed by atoms with Gasteiger partial charge in [0.05, 0.1) is 38.0 Å². The molecule has 6 nitrogen and oxygen atoms in total. The van der Waals surface area contributed by atoms with Gasteiger partial charge in [0.1, 0.15) is 5.44 Å². The van der Waals surface area contributed by atoms with Gasteiger partial charge in [0.25, 0.3) is 0 Å². The standard InChI is InChI=1S/C9H16N2O4S/c12-2-1-10-9-11-7-6(14)3-5(4-13)15-8(7)16-9/h5-8,12-14H,1-4H2,(H,10,11). The second-order valence-electron chi connectivity index (χ2n) is 3.81. The molecule has 16 heavy (non-hydrogen) atoms. The zero-order chi connectivity index (χ0) is 11.5. The van der Waals surface area contributed by atoms with E-state index < -0.39 is 6.10 Å². The number of nitrogens with one attached hydrogen (secondary N) is 1. The molecule has 2 aliphatic rings. The molecule has 0 spiro atoms. The number of amidine groups is 1. The Morgan fingerprint density at radius 3 is 3.00 bits per heavy atom. The third kappa shape index (κ3) is 2.49. The highest BCUT2D eigenvalue weighted by Gasteiger charge is 2.43. The predicted molar refractivity (Wildman–Crippen MR) is 60.3 cm³/mol. The molecule has 0 aromatic rings. The summed E-state index contributed by atoms with van der Waals surface area (Å²) >= 11 is 1.39. The van der Waals surface area contributed by atoms with E-state index in [0.717, 1.165) is 0 Å². The van der Waals surface area contributed by atoms with Crippen molar-refractivity contribution in [3.8, 4) is 0 Å². The highest BCUT2D eigenvalue weighted by Crippen LogP contribution is 2.33. The van der Waals surface area contributed by atoms with Crippen molar-refractivity contribution in [1.82, 2.24) is 5.32 Å². The second-order valence-corrected chi connectivity index (χ2v) is 4.90. The van der Waals surface area contributed by atoms with Crippen LogP contribution in [0.5, 0.6) is 0 Å². The lowest BCUT2D eigenvalue weighted by Crippen LogP contribution is -2.51. The van der Waals surface area contributed by atoms with Crippen LogP contribution in [0.2, 0.25) is 0 Å². The largest absolute Gasteiger partial charge is 0.394 e. The van der Waals surface area contributed by atoms with Gasteiger partial charge in [0.15, 0.2) is 5.17 Å². The van der Waals surface area contributed by atoms with Crippen molar-refractivity contribution >= 4 is 16.9 Å². The molecule has 4 unspecified atom stereocenters. The van der Waals surface area contributed by atoms with E-state index in [2.05, 4.69) is 10.3 Å². The van der Waals surface area contributed by atoms with Crippen molar-refractivity contribution in [2.24, 2.45) is 4.99 Å². The van der Waals surface area contributed by atoms with Gasteiger partial charge in [-0.15, -0.1) is 0 Å². The molecular formula is C9H16N2O4S. The number of nitrogens with zero attached hydrogens (tertiary/aromatic N) is 1. The van der Waals surface area contributed by atoms with E-state index >= 15 is 0 Å². The third-order valence-corrected chi connectivity index (χ3v) is 3.72. The average molecular weight is 248 g/mol. The van der Waals surface area contributed by atoms with Gasteiger partial charge in [-0.05, 0) is 0 Å². The van der Waals surface area contributed by atoms with Crippen LogP contribution >= 0.6 is 11.8 Å². The first-order valence-corrected chi connectivity index (χ1v) is 6.15. The fraction of sp³-hybridized carbons (Fsp3) is 0.889. The van der Waals surface area contributed by atoms with E-state index in [9.17, 15) is 5.11 Å². The van der Waals surface area contributed by atoms with Crippen LogP contribution in [-0.4, -0.2) is 63.9 Å². The minimum atomic E-state index is -0.537. The summed E-state index contributed by atoms with van der Waals surface area (Å²) in [6.07, 6.45) is -0.411. The Kier molecular flexibility index (Phi) is 4.04. The molecule has 2 heterocycles. The first-order valence-electron chi connectivity index (χ1n) is 5.27. The Morgan fingerprint density at radius 1 is 1.50 bits per heavy atom. The first-order chi connectivity index (χ1) is 7.74. The number of hydrogen-bond acceptors (Lipinski definition) is 6. The molecule has 0 aromatic carbocycles. The number of fused-ring (bicyclic) bond motifs is 1. The maximum absolute atomic E-state index is 9.85. The molecule has 2 aliphatic heterocycles. The van der Waals surface area contributed by atoms with Crippen LogP contribution in [-0.2, 0) is 4.74 Å². The second kappa shape index (κ2) is 5.33. The summed E-state index contributed by atoms with van der Waals surface area (Å²) in [5.41, 5.74) is -0.210. The molecule has 2 saturated heterocycles. The summed E-state index contributed by atoms with van der Waals surface area (Å²) in [6, 6.07) is -0.176. The average Bonchev–Trinajstić information content (AvgIpc) is 2.69. The summed E-state index contributed by atoms with van der Waals surface area (Å²) < 4.78 is 5.59. The van der Waals surface area contributed by atoms with Crippen molar-refractivity contribution < 1.29 is 20.1 Å². The molecule has 0 amide bonds. The SMILES string of the molecule is OCCN=C1NC2C(O)CC(CO)OC2S1. The zero-order valence-corrected chi connectivity index (χ0v) is 9.56. The van der Waals surface area contributed by atoms with Crippen molar-refractivity contribution in [3.05, 3.63) is 0 Å². The molecule has 0 aliphatic carbocycles. The van der Waals surface area contributed by atoms with Crippen molar-refractivity contribution in [2.75, 3.05) is 19.8 Å². The molecule has 7 heteroatoms. The van der Waals surface area contributed by atoms with Crippen LogP contribution in [0.1, 0.15) is 6.42 Å². The number of aliphatic hydroxyl groups excluding tert-OH is 3. The minimum Gasteiger partial charge on any atom is -0.394 e. The van der Waals surface area contributed by atoms with Crippen LogP contribution in [0.25, 0.3) is 0 Å². The van der Waals surface area contributed by atoms with Gasteiger partial charge >= 0.3 is 0 Å². The molecule has 92 valence electrons. The van der Waals surface area contributed by atoms with Crippen LogP contribution in [0.15, 0.2) is 4.99 Å². The Balaban J connectivity index is 1.98. The molecule has 4 N–H and O–H groups in total. The summed E-state index contributed by atoms with van der Waals surface area (Å²) in [5.74, 6) is 0. The van der Waals surface area contributed by atoms with E-state index in [0.29, 0.717) is 18.1 Å². The molecule has 0 saturated carbocycles. The minimum absolute atomic E-state index is 0.00372. The van der Waals surface area contributed by atoms with Crippen LogP contribution < -0.4 is 5.32 Å². The Hall–Kier alpha value is -0.340. The van der Waals surface area contributed by atoms with Crippen molar-refractivity contribution in [3.63, 3.8) is 0 Å². The molecule has 0 aromatic heterocycles. The van der Waals surface area contributed by atoms with E-state index in [4.69, 9.17) is 14.9 Å². The summed E-state index contributed by atoms with van der Waals surface area (Å²) in [7, 11) is 0. The molecule has 2 fully saturated rings. The fourth-order valence-corrected chi connectivity index (χ4v) is 3.03. The van der Waals surface area contributed by atoms with E-state index in [-0.39, 0.29) is 30.8 Å². The molecule has 4 atom stereocenters. The van der Waals surface area contributed by atoms with Gasteiger partial charge in [0, 0.05) is 6.42 Å². The van der Waals surface area contributed by atoms with E-state index in [1.54, 1.807) is 0 Å². The predicted octanol–water partition coefficient (Wildman–Crippen LogP) is -1.49. The maximum Gasteiger partial charge on any atom is 0.159 e. The van der Waals surface area contributed by atoms with Crippen LogP contribution in [0.3, 0.4) is 0 Å². The van der Waals surface area contributed by atoms with Gasteiger partial charge in [0.2, 0.25) is 0 Å². The van der Waals surface area contributed by atoms with Gasteiger partial charge in [-0.25, -0.2) is 0 Å². The number of thioether (sulfide) groups is 1. The number of hydrogen-bond donors (Lipinski definition) is 4. The highest BCUT2D eigenvalue weighted by atomic mass is 32.2. The number of aliphatic hydroxyl groups is 3. The summed E-state index contributed by atoms with van der Waals surface area (Å²) in [5, 5.41) is 31.3. The number of aliphatic imine (C=N–C) groups is 1. The van der Waals surface area contributed by atoms with Gasteiger partial charge in [-0.2, -0.15) is 0 Å². The molecular weight excluding hydrogens is 232 g/mol. The van der Waals surface area contributed by atoms with Crippen LogP contribution in [0, 0.1) is 0 Å². The topological polar surface area (TPSA) is 94.3 Å². The zero-order valence-electron chi connectivity index (χ0n) is 8.74. The monoisotopic (exact) mass is 248 g/mol. The van der Waals surface area contributed by atoms with E-state index in [1.165, 1.54) is 11.8 Å². The lowest BCUT2D eigenvalue weighted by molar-refractivity contribution is -0.0913.